The second-order valence-corrected chi connectivity index (χ2v) is 4.87. The maximum absolute atomic E-state index is 13.7. The Morgan fingerprint density at radius 1 is 1.37 bits per heavy atom. The van der Waals surface area contributed by atoms with Crippen molar-refractivity contribution in [3.05, 3.63) is 41.5 Å². The first-order chi connectivity index (χ1) is 9.15. The van der Waals surface area contributed by atoms with Gasteiger partial charge in [-0.15, -0.1) is 0 Å². The van der Waals surface area contributed by atoms with Crippen LogP contribution in [0.4, 0.5) is 8.78 Å². The van der Waals surface area contributed by atoms with Gasteiger partial charge in [-0.1, -0.05) is 6.08 Å². The molecule has 1 atom stereocenters. The number of hydrogen-bond donors (Lipinski definition) is 1. The number of amides is 1. The lowest BCUT2D eigenvalue weighted by Crippen LogP contribution is -2.54. The lowest BCUT2D eigenvalue weighted by molar-refractivity contribution is -0.133. The predicted molar refractivity (Wildman–Crippen MR) is 67.3 cm³/mol. The Bertz CT molecular complexity index is 552. The van der Waals surface area contributed by atoms with Crippen LogP contribution in [-0.2, 0) is 4.79 Å². The van der Waals surface area contributed by atoms with Gasteiger partial charge in [-0.25, -0.2) is 8.78 Å². The summed E-state index contributed by atoms with van der Waals surface area (Å²) in [6, 6.07) is 3.28. The monoisotopic (exact) mass is 264 g/mol. The minimum atomic E-state index is -0.470. The molecule has 1 N–H and O–H groups in total. The summed E-state index contributed by atoms with van der Waals surface area (Å²) in [4.78, 5) is 13.7. The molecule has 1 saturated heterocycles. The van der Waals surface area contributed by atoms with Crippen molar-refractivity contribution in [2.45, 2.75) is 12.5 Å². The van der Waals surface area contributed by atoms with E-state index in [1.54, 1.807) is 11.0 Å². The molecule has 3 rings (SSSR count). The van der Waals surface area contributed by atoms with E-state index in [4.69, 9.17) is 0 Å². The summed E-state index contributed by atoms with van der Waals surface area (Å²) in [5.41, 5.74) is 0.918. The van der Waals surface area contributed by atoms with Crippen molar-refractivity contribution >= 4 is 11.5 Å². The summed E-state index contributed by atoms with van der Waals surface area (Å²) in [5.74, 6) is -0.888. The predicted octanol–water partition coefficient (Wildman–Crippen LogP) is 1.55. The Morgan fingerprint density at radius 3 is 2.84 bits per heavy atom. The molecule has 2 aliphatic heterocycles. The molecule has 0 aromatic heterocycles. The van der Waals surface area contributed by atoms with Gasteiger partial charge in [-0.2, -0.15) is 0 Å². The number of carbonyl (C=O) groups is 1. The lowest BCUT2D eigenvalue weighted by atomic mass is 10.0. The zero-order valence-corrected chi connectivity index (χ0v) is 10.3. The van der Waals surface area contributed by atoms with Gasteiger partial charge in [-0.05, 0) is 36.7 Å². The molecule has 1 aromatic carbocycles. The summed E-state index contributed by atoms with van der Waals surface area (Å²) in [6.07, 6.45) is 2.63. The molecule has 2 heterocycles. The highest BCUT2D eigenvalue weighted by Gasteiger charge is 2.31. The molecular weight excluding hydrogens is 250 g/mol. The average Bonchev–Trinajstić information content (AvgIpc) is 2.79. The molecule has 0 saturated carbocycles. The molecule has 1 aromatic rings. The van der Waals surface area contributed by atoms with E-state index in [-0.39, 0.29) is 17.5 Å². The summed E-state index contributed by atoms with van der Waals surface area (Å²) < 4.78 is 26.8. The van der Waals surface area contributed by atoms with Crippen molar-refractivity contribution in [2.24, 2.45) is 0 Å². The zero-order chi connectivity index (χ0) is 13.4. The Hall–Kier alpha value is -1.75. The van der Waals surface area contributed by atoms with Crippen molar-refractivity contribution in [3.63, 3.8) is 0 Å². The molecule has 100 valence electrons. The van der Waals surface area contributed by atoms with Gasteiger partial charge in [0.1, 0.15) is 11.6 Å². The number of carbonyl (C=O) groups excluding carboxylic acids is 1. The van der Waals surface area contributed by atoms with Crippen molar-refractivity contribution in [3.8, 4) is 0 Å². The molecule has 19 heavy (non-hydrogen) atoms. The van der Waals surface area contributed by atoms with Crippen LogP contribution in [0.1, 0.15) is 12.0 Å². The number of benzene rings is 1. The molecule has 1 amide bonds. The Kier molecular flexibility index (Phi) is 3.06. The number of halogens is 2. The number of nitrogens with one attached hydrogen (secondary N) is 1. The normalized spacial score (nSPS) is 22.1. The van der Waals surface area contributed by atoms with Crippen molar-refractivity contribution in [1.82, 2.24) is 10.2 Å². The van der Waals surface area contributed by atoms with E-state index in [0.29, 0.717) is 18.7 Å². The molecule has 0 unspecified atom stereocenters. The standard InChI is InChI=1S/C14H14F2N2O/c15-10-1-2-12(16)11(7-10)9-4-6-18(8-9)14(19)13-3-5-17-13/h1-2,4,7,13,17H,3,5-6,8H2/t13-/m0/s1. The lowest BCUT2D eigenvalue weighted by Gasteiger charge is -2.30. The molecule has 0 aliphatic carbocycles. The molecule has 5 heteroatoms. The van der Waals surface area contributed by atoms with Crippen LogP contribution in [0.25, 0.3) is 5.57 Å². The van der Waals surface area contributed by atoms with Crippen molar-refractivity contribution < 1.29 is 13.6 Å². The van der Waals surface area contributed by atoms with Crippen LogP contribution in [0.2, 0.25) is 0 Å². The van der Waals surface area contributed by atoms with Gasteiger partial charge in [0.25, 0.3) is 0 Å². The third-order valence-electron chi connectivity index (χ3n) is 3.63. The molecule has 3 nitrogen and oxygen atoms in total. The fourth-order valence-electron chi connectivity index (χ4n) is 2.38. The quantitative estimate of drug-likeness (QED) is 0.879. The first kappa shape index (κ1) is 12.3. The fourth-order valence-corrected chi connectivity index (χ4v) is 2.38. The highest BCUT2D eigenvalue weighted by molar-refractivity contribution is 5.86. The van der Waals surface area contributed by atoms with Gasteiger partial charge >= 0.3 is 0 Å². The molecule has 0 radical (unpaired) electrons. The van der Waals surface area contributed by atoms with Crippen LogP contribution >= 0.6 is 0 Å². The highest BCUT2D eigenvalue weighted by Crippen LogP contribution is 2.25. The maximum atomic E-state index is 13.7. The summed E-state index contributed by atoms with van der Waals surface area (Å²) in [6.45, 7) is 1.67. The van der Waals surface area contributed by atoms with Crippen LogP contribution in [0.5, 0.6) is 0 Å². The van der Waals surface area contributed by atoms with E-state index in [9.17, 15) is 13.6 Å². The fraction of sp³-hybridized carbons (Fsp3) is 0.357. The first-order valence-corrected chi connectivity index (χ1v) is 6.32. The van der Waals surface area contributed by atoms with E-state index in [1.807, 2.05) is 0 Å². The van der Waals surface area contributed by atoms with Crippen LogP contribution < -0.4 is 5.32 Å². The van der Waals surface area contributed by atoms with Gasteiger partial charge in [-0.3, -0.25) is 4.79 Å². The molecule has 2 aliphatic rings. The third kappa shape index (κ3) is 2.26. The topological polar surface area (TPSA) is 32.3 Å². The average molecular weight is 264 g/mol. The van der Waals surface area contributed by atoms with Crippen LogP contribution in [0.3, 0.4) is 0 Å². The van der Waals surface area contributed by atoms with E-state index in [2.05, 4.69) is 5.32 Å². The SMILES string of the molecule is O=C([C@@H]1CCN1)N1CC=C(c2cc(F)ccc2F)C1. The summed E-state index contributed by atoms with van der Waals surface area (Å²) in [7, 11) is 0. The smallest absolute Gasteiger partial charge is 0.240 e. The summed E-state index contributed by atoms with van der Waals surface area (Å²) in [5, 5.41) is 3.05. The maximum Gasteiger partial charge on any atom is 0.240 e. The minimum Gasteiger partial charge on any atom is -0.333 e. The van der Waals surface area contributed by atoms with E-state index < -0.39 is 11.6 Å². The zero-order valence-electron chi connectivity index (χ0n) is 10.3. The van der Waals surface area contributed by atoms with Gasteiger partial charge < -0.3 is 10.2 Å². The third-order valence-corrected chi connectivity index (χ3v) is 3.63. The number of nitrogens with zero attached hydrogens (tertiary/aromatic N) is 1. The number of rotatable bonds is 2. The van der Waals surface area contributed by atoms with E-state index in [1.165, 1.54) is 6.07 Å². The largest absolute Gasteiger partial charge is 0.333 e. The van der Waals surface area contributed by atoms with Crippen LogP contribution in [0, 0.1) is 11.6 Å². The summed E-state index contributed by atoms with van der Waals surface area (Å²) >= 11 is 0. The van der Waals surface area contributed by atoms with Gasteiger partial charge in [0, 0.05) is 18.7 Å². The number of hydrogen-bond acceptors (Lipinski definition) is 2. The second kappa shape index (κ2) is 4.74. The van der Waals surface area contributed by atoms with Crippen molar-refractivity contribution in [1.29, 1.82) is 0 Å². The Morgan fingerprint density at radius 2 is 2.16 bits per heavy atom. The van der Waals surface area contributed by atoms with E-state index in [0.717, 1.165) is 25.1 Å². The van der Waals surface area contributed by atoms with E-state index >= 15 is 0 Å². The van der Waals surface area contributed by atoms with Crippen LogP contribution in [0.15, 0.2) is 24.3 Å². The first-order valence-electron chi connectivity index (χ1n) is 6.32. The second-order valence-electron chi connectivity index (χ2n) is 4.87. The van der Waals surface area contributed by atoms with Crippen LogP contribution in [-0.4, -0.2) is 36.5 Å². The Labute approximate surface area is 109 Å². The van der Waals surface area contributed by atoms with Gasteiger partial charge in [0.15, 0.2) is 0 Å². The van der Waals surface area contributed by atoms with Gasteiger partial charge in [0.05, 0.1) is 6.04 Å². The van der Waals surface area contributed by atoms with Gasteiger partial charge in [0.2, 0.25) is 5.91 Å². The van der Waals surface area contributed by atoms with Crippen molar-refractivity contribution in [2.75, 3.05) is 19.6 Å². The minimum absolute atomic E-state index is 0.0364. The molecule has 0 spiro atoms. The molecule has 1 fully saturated rings. The molecule has 0 bridgehead atoms. The molecular formula is C14H14F2N2O. The Balaban J connectivity index is 1.74. The highest BCUT2D eigenvalue weighted by atomic mass is 19.1.